The topological polar surface area (TPSA) is 54.6 Å². The molecule has 1 aliphatic heterocycles. The number of benzene rings is 2. The molecule has 1 saturated carbocycles. The average molecular weight is 425 g/mol. The summed E-state index contributed by atoms with van der Waals surface area (Å²) in [5.74, 6) is 1.63. The molecule has 1 amide bonds. The summed E-state index contributed by atoms with van der Waals surface area (Å²) in [6, 6.07) is 9.45. The second-order valence-corrected chi connectivity index (χ2v) is 8.88. The predicted octanol–water partition coefficient (Wildman–Crippen LogP) is 5.13. The lowest BCUT2D eigenvalue weighted by atomic mass is 9.82. The Bertz CT molecular complexity index is 1180. The molecule has 5 rings (SSSR count). The molecule has 3 aromatic rings. The van der Waals surface area contributed by atoms with E-state index < -0.39 is 0 Å². The summed E-state index contributed by atoms with van der Waals surface area (Å²) in [6.07, 6.45) is 2.16. The van der Waals surface area contributed by atoms with Crippen LogP contribution in [0.1, 0.15) is 48.2 Å². The minimum atomic E-state index is -0.256. The lowest BCUT2D eigenvalue weighted by Gasteiger charge is -2.40. The molecule has 1 N–H and O–H groups in total. The second kappa shape index (κ2) is 6.67. The Balaban J connectivity index is 1.83. The van der Waals surface area contributed by atoms with Gasteiger partial charge in [0.1, 0.15) is 17.5 Å². The highest BCUT2D eigenvalue weighted by molar-refractivity contribution is 6.30. The highest BCUT2D eigenvalue weighted by Crippen LogP contribution is 2.59. The number of H-pyrrole nitrogens is 1. The van der Waals surface area contributed by atoms with Crippen LogP contribution in [0.15, 0.2) is 30.3 Å². The fraction of sp³-hybridized carbons (Fsp3) is 0.375. The number of aryl methyl sites for hydroxylation is 1. The zero-order valence-corrected chi connectivity index (χ0v) is 18.4. The first-order chi connectivity index (χ1) is 14.4. The largest absolute Gasteiger partial charge is 0.496 e. The van der Waals surface area contributed by atoms with Crippen LogP contribution in [-0.2, 0) is 10.2 Å². The van der Waals surface area contributed by atoms with Crippen molar-refractivity contribution in [1.29, 1.82) is 0 Å². The Morgan fingerprint density at radius 3 is 2.53 bits per heavy atom. The van der Waals surface area contributed by atoms with Gasteiger partial charge >= 0.3 is 0 Å². The van der Waals surface area contributed by atoms with E-state index >= 15 is 0 Å². The van der Waals surface area contributed by atoms with Gasteiger partial charge in [-0.15, -0.1) is 0 Å². The van der Waals surface area contributed by atoms with Gasteiger partial charge in [0.25, 0.3) is 0 Å². The number of rotatable bonds is 3. The molecular weight excluding hydrogens is 400 g/mol. The first-order valence-electron chi connectivity index (χ1n) is 10.2. The van der Waals surface area contributed by atoms with Crippen molar-refractivity contribution in [3.8, 4) is 11.5 Å². The summed E-state index contributed by atoms with van der Waals surface area (Å²) in [5.41, 5.74) is 5.55. The number of methoxy groups -OCH3 is 2. The fourth-order valence-corrected chi connectivity index (χ4v) is 5.34. The van der Waals surface area contributed by atoms with Crippen LogP contribution in [0.25, 0.3) is 10.9 Å². The van der Waals surface area contributed by atoms with Crippen molar-refractivity contribution < 1.29 is 14.3 Å². The maximum atomic E-state index is 12.8. The Morgan fingerprint density at radius 1 is 1.17 bits per heavy atom. The number of amides is 1. The molecular formula is C24H25ClN2O3. The molecule has 5 nitrogen and oxygen atoms in total. The SMILES string of the molecule is COc1cc(Cl)ccc1C1c2[nH]c3ccc(OC)c(C)c3c2C2(CC2)CN1C(C)=O. The summed E-state index contributed by atoms with van der Waals surface area (Å²) in [7, 11) is 3.35. The minimum Gasteiger partial charge on any atom is -0.496 e. The molecule has 30 heavy (non-hydrogen) atoms. The zero-order chi connectivity index (χ0) is 21.2. The van der Waals surface area contributed by atoms with Gasteiger partial charge in [-0.25, -0.2) is 0 Å². The number of carbonyl (C=O) groups is 1. The molecule has 2 heterocycles. The number of halogens is 1. The summed E-state index contributed by atoms with van der Waals surface area (Å²) in [5, 5.41) is 1.83. The van der Waals surface area contributed by atoms with E-state index in [9.17, 15) is 4.79 Å². The number of aromatic nitrogens is 1. The predicted molar refractivity (Wildman–Crippen MR) is 118 cm³/mol. The number of nitrogens with zero attached hydrogens (tertiary/aromatic N) is 1. The second-order valence-electron chi connectivity index (χ2n) is 8.45. The van der Waals surface area contributed by atoms with Crippen LogP contribution in [0, 0.1) is 6.92 Å². The molecule has 1 spiro atoms. The molecule has 1 aliphatic carbocycles. The van der Waals surface area contributed by atoms with Crippen LogP contribution in [-0.4, -0.2) is 36.6 Å². The highest BCUT2D eigenvalue weighted by Gasteiger charge is 2.54. The summed E-state index contributed by atoms with van der Waals surface area (Å²) < 4.78 is 11.3. The Labute approximate surface area is 180 Å². The quantitative estimate of drug-likeness (QED) is 0.634. The van der Waals surface area contributed by atoms with Crippen molar-refractivity contribution in [3.05, 3.63) is 57.7 Å². The number of nitrogens with one attached hydrogen (secondary N) is 1. The summed E-state index contributed by atoms with van der Waals surface area (Å²) >= 11 is 6.23. The van der Waals surface area contributed by atoms with Crippen molar-refractivity contribution in [2.75, 3.05) is 20.8 Å². The van der Waals surface area contributed by atoms with E-state index in [1.54, 1.807) is 21.1 Å². The van der Waals surface area contributed by atoms with Crippen molar-refractivity contribution in [2.45, 2.75) is 38.1 Å². The van der Waals surface area contributed by atoms with Gasteiger partial charge in [-0.05, 0) is 49.6 Å². The molecule has 1 aromatic heterocycles. The van der Waals surface area contributed by atoms with Gasteiger partial charge in [-0.3, -0.25) is 4.79 Å². The number of aromatic amines is 1. The third kappa shape index (κ3) is 2.64. The van der Waals surface area contributed by atoms with Gasteiger partial charge in [0, 0.05) is 51.6 Å². The van der Waals surface area contributed by atoms with E-state index in [2.05, 4.69) is 18.0 Å². The molecule has 0 saturated heterocycles. The van der Waals surface area contributed by atoms with Crippen molar-refractivity contribution in [2.24, 2.45) is 0 Å². The molecule has 1 fully saturated rings. The van der Waals surface area contributed by atoms with E-state index in [0.717, 1.165) is 40.9 Å². The lowest BCUT2D eigenvalue weighted by Crippen LogP contribution is -2.44. The maximum absolute atomic E-state index is 12.8. The van der Waals surface area contributed by atoms with Crippen molar-refractivity contribution >= 4 is 28.4 Å². The van der Waals surface area contributed by atoms with Crippen LogP contribution in [0.5, 0.6) is 11.5 Å². The normalized spacial score (nSPS) is 19.1. The molecule has 1 unspecified atom stereocenters. The van der Waals surface area contributed by atoms with E-state index in [1.807, 2.05) is 29.2 Å². The molecule has 6 heteroatoms. The van der Waals surface area contributed by atoms with E-state index in [0.29, 0.717) is 17.3 Å². The van der Waals surface area contributed by atoms with E-state index in [-0.39, 0.29) is 17.4 Å². The standard InChI is InChI=1S/C24H25ClN2O3/c1-13-18(29-3)8-7-17-20(13)21-22(26-17)23(16-6-5-15(25)11-19(16)30-4)27(14(2)28)12-24(21)9-10-24/h5-8,11,23,26H,9-10,12H2,1-4H3. The van der Waals surface area contributed by atoms with Gasteiger partial charge in [0.05, 0.1) is 14.2 Å². The van der Waals surface area contributed by atoms with E-state index in [1.165, 1.54) is 10.9 Å². The maximum Gasteiger partial charge on any atom is 0.220 e. The first kappa shape index (κ1) is 19.3. The van der Waals surface area contributed by atoms with Crippen LogP contribution in [0.3, 0.4) is 0 Å². The number of carbonyl (C=O) groups excluding carboxylic acids is 1. The highest BCUT2D eigenvalue weighted by atomic mass is 35.5. The van der Waals surface area contributed by atoms with Crippen LogP contribution in [0.4, 0.5) is 0 Å². The van der Waals surface area contributed by atoms with Crippen molar-refractivity contribution in [3.63, 3.8) is 0 Å². The van der Waals surface area contributed by atoms with E-state index in [4.69, 9.17) is 21.1 Å². The Hall–Kier alpha value is -2.66. The third-order valence-corrected chi connectivity index (χ3v) is 7.00. The molecule has 0 bridgehead atoms. The number of hydrogen-bond donors (Lipinski definition) is 1. The van der Waals surface area contributed by atoms with Crippen LogP contribution >= 0.6 is 11.6 Å². The third-order valence-electron chi connectivity index (χ3n) is 6.76. The molecule has 0 radical (unpaired) electrons. The summed E-state index contributed by atoms with van der Waals surface area (Å²) in [4.78, 5) is 18.4. The van der Waals surface area contributed by atoms with Gasteiger partial charge < -0.3 is 19.4 Å². The Morgan fingerprint density at radius 2 is 1.90 bits per heavy atom. The number of fused-ring (bicyclic) bond motifs is 4. The average Bonchev–Trinajstić information content (AvgIpc) is 3.37. The summed E-state index contributed by atoms with van der Waals surface area (Å²) in [6.45, 7) is 4.46. The first-order valence-corrected chi connectivity index (χ1v) is 10.6. The smallest absolute Gasteiger partial charge is 0.220 e. The van der Waals surface area contributed by atoms with Gasteiger partial charge in [0.2, 0.25) is 5.91 Å². The monoisotopic (exact) mass is 424 g/mol. The minimum absolute atomic E-state index is 0.00649. The Kier molecular flexibility index (Phi) is 4.30. The molecule has 1 atom stereocenters. The number of hydrogen-bond acceptors (Lipinski definition) is 3. The van der Waals surface area contributed by atoms with Crippen LogP contribution < -0.4 is 9.47 Å². The zero-order valence-electron chi connectivity index (χ0n) is 17.6. The molecule has 2 aromatic carbocycles. The van der Waals surface area contributed by atoms with Crippen molar-refractivity contribution in [1.82, 2.24) is 9.88 Å². The lowest BCUT2D eigenvalue weighted by molar-refractivity contribution is -0.131. The molecule has 2 aliphatic rings. The van der Waals surface area contributed by atoms with Gasteiger partial charge in [-0.1, -0.05) is 17.7 Å². The fourth-order valence-electron chi connectivity index (χ4n) is 5.18. The van der Waals surface area contributed by atoms with Crippen LogP contribution in [0.2, 0.25) is 5.02 Å². The van der Waals surface area contributed by atoms with Gasteiger partial charge in [-0.2, -0.15) is 0 Å². The molecule has 156 valence electrons. The van der Waals surface area contributed by atoms with Gasteiger partial charge in [0.15, 0.2) is 0 Å². The number of ether oxygens (including phenoxy) is 2.